The Hall–Kier alpha value is -5.77. The van der Waals surface area contributed by atoms with E-state index in [1.54, 1.807) is 12.3 Å². The van der Waals surface area contributed by atoms with Gasteiger partial charge in [-0.2, -0.15) is 0 Å². The number of para-hydroxylation sites is 2. The fraction of sp³-hybridized carbons (Fsp3) is 0.143. The molecule has 272 valence electrons. The number of hydrogen-bond donors (Lipinski definition) is 0. The first-order valence-electron chi connectivity index (χ1n) is 21.5. The van der Waals surface area contributed by atoms with Crippen LogP contribution in [-0.2, 0) is 32.8 Å². The van der Waals surface area contributed by atoms with Crippen LogP contribution in [0.25, 0.3) is 60.9 Å². The molecule has 3 aromatic heterocycles. The van der Waals surface area contributed by atoms with Crippen LogP contribution in [0.5, 0.6) is 11.5 Å². The molecule has 6 aromatic carbocycles. The Labute approximate surface area is 339 Å². The molecule has 10 rings (SSSR count). The van der Waals surface area contributed by atoms with Gasteiger partial charge in [0.15, 0.2) is 0 Å². The molecule has 1 aliphatic carbocycles. The zero-order chi connectivity index (χ0) is 42.0. The monoisotopic (exact) mass is 899 g/mol. The van der Waals surface area contributed by atoms with Gasteiger partial charge in [-0.3, -0.25) is 0 Å². The third-order valence-electron chi connectivity index (χ3n) is 10.8. The summed E-state index contributed by atoms with van der Waals surface area (Å²) in [6.07, 6.45) is 5.34. The number of nitrogens with zero attached hydrogens (tertiary/aromatic N) is 4. The van der Waals surface area contributed by atoms with Crippen molar-refractivity contribution in [3.63, 3.8) is 0 Å². The zero-order valence-electron chi connectivity index (χ0n) is 35.7. The topological polar surface area (TPSA) is 36.9 Å². The van der Waals surface area contributed by atoms with Crippen molar-refractivity contribution < 1.29 is 32.3 Å². The van der Waals surface area contributed by atoms with E-state index in [1.165, 1.54) is 4.57 Å². The van der Waals surface area contributed by atoms with Gasteiger partial charge >= 0.3 is 206 Å². The molecular formula is C49H38N4OPt-2. The zero-order valence-corrected chi connectivity index (χ0v) is 32.0. The predicted molar refractivity (Wildman–Crippen MR) is 218 cm³/mol. The first-order valence-corrected chi connectivity index (χ1v) is 19.6. The number of benzene rings is 6. The molecule has 0 radical (unpaired) electrons. The van der Waals surface area contributed by atoms with E-state index in [0.717, 1.165) is 75.3 Å². The van der Waals surface area contributed by atoms with Gasteiger partial charge in [0.2, 0.25) is 0 Å². The molecule has 0 saturated carbocycles. The average molecular weight is 900 g/mol. The summed E-state index contributed by atoms with van der Waals surface area (Å²) in [5.41, 5.74) is 8.86. The van der Waals surface area contributed by atoms with Gasteiger partial charge in [0.05, 0.1) is 0 Å². The quantitative estimate of drug-likeness (QED) is 0.123. The van der Waals surface area contributed by atoms with E-state index >= 15 is 0 Å². The third kappa shape index (κ3) is 5.89. The number of rotatable bonds is 6. The average Bonchev–Trinajstić information content (AvgIpc) is 3.65. The molecule has 0 bridgehead atoms. The van der Waals surface area contributed by atoms with Crippen LogP contribution in [-0.4, -0.2) is 18.7 Å². The molecule has 0 amide bonds. The van der Waals surface area contributed by atoms with Crippen LogP contribution in [0.15, 0.2) is 140 Å². The van der Waals surface area contributed by atoms with Crippen molar-refractivity contribution in [3.05, 3.63) is 172 Å². The molecule has 9 aromatic rings. The Morgan fingerprint density at radius 3 is 2.31 bits per heavy atom. The number of aromatic nitrogens is 4. The van der Waals surface area contributed by atoms with E-state index < -0.39 is 13.8 Å². The molecule has 0 N–H and O–H groups in total. The fourth-order valence-electron chi connectivity index (χ4n) is 8.15. The Morgan fingerprint density at radius 2 is 1.49 bits per heavy atom. The van der Waals surface area contributed by atoms with E-state index in [0.29, 0.717) is 37.7 Å². The molecule has 5 nitrogen and oxygen atoms in total. The molecule has 55 heavy (non-hydrogen) atoms. The van der Waals surface area contributed by atoms with Crippen LogP contribution in [0.3, 0.4) is 0 Å². The number of fused-ring (bicyclic) bond motifs is 5. The normalized spacial score (nSPS) is 16.4. The van der Waals surface area contributed by atoms with Crippen molar-refractivity contribution >= 4 is 32.8 Å². The van der Waals surface area contributed by atoms with E-state index in [1.807, 2.05) is 95.6 Å². The van der Waals surface area contributed by atoms with Crippen molar-refractivity contribution in [1.29, 1.82) is 0 Å². The van der Waals surface area contributed by atoms with Gasteiger partial charge in [-0.15, -0.1) is 0 Å². The van der Waals surface area contributed by atoms with Crippen molar-refractivity contribution in [2.24, 2.45) is 6.98 Å². The molecule has 0 aliphatic heterocycles. The van der Waals surface area contributed by atoms with Crippen LogP contribution in [0.1, 0.15) is 50.2 Å². The summed E-state index contributed by atoms with van der Waals surface area (Å²) >= 11 is 2.15. The summed E-state index contributed by atoms with van der Waals surface area (Å²) in [6.45, 7) is -4.75. The number of imidazole rings is 1. The summed E-state index contributed by atoms with van der Waals surface area (Å²) in [7, 11) is 0. The smallest absolute Gasteiger partial charge is 0.238 e. The Kier molecular flexibility index (Phi) is 6.97. The van der Waals surface area contributed by atoms with E-state index in [2.05, 4.69) is 72.5 Å². The number of ether oxygens (including phenoxy) is 1. The molecule has 1 aliphatic rings. The van der Waals surface area contributed by atoms with Gasteiger partial charge in [-0.25, -0.2) is 4.98 Å². The molecular weight excluding hydrogens is 856 g/mol. The molecule has 0 fully saturated rings. The minimum atomic E-state index is -2.41. The predicted octanol–water partition coefficient (Wildman–Crippen LogP) is 11.9. The Morgan fingerprint density at radius 1 is 0.727 bits per heavy atom. The first-order chi connectivity index (χ1) is 29.4. The number of aryl methyl sites for hydroxylation is 3. The van der Waals surface area contributed by atoms with Crippen LogP contribution < -0.4 is 4.74 Å². The van der Waals surface area contributed by atoms with Gasteiger partial charge in [-0.05, 0) is 41.2 Å². The van der Waals surface area contributed by atoms with Gasteiger partial charge in [0, 0.05) is 15.9 Å². The Bertz CT molecular complexity index is 3190. The van der Waals surface area contributed by atoms with E-state index in [-0.39, 0.29) is 11.6 Å². The first kappa shape index (κ1) is 27.8. The van der Waals surface area contributed by atoms with Crippen molar-refractivity contribution in [1.82, 2.24) is 18.7 Å². The SMILES string of the molecule is [2H]C([2H])([2H])c1cc(-n2c3[c-]c(Oc4[c-]c5c(cc4)CCCCC5n4[c](=[Pt])n(C([2H])([2H])[2H])c5ccccc54)ccc3c3cc(-c4ccccc4)ccc32)ncc1-c1ccccc1. The van der Waals surface area contributed by atoms with Crippen LogP contribution in [0.2, 0.25) is 0 Å². The van der Waals surface area contributed by atoms with Crippen LogP contribution in [0, 0.1) is 22.8 Å². The van der Waals surface area contributed by atoms with Gasteiger partial charge in [0.1, 0.15) is 0 Å². The van der Waals surface area contributed by atoms with Crippen LogP contribution >= 0.6 is 0 Å². The molecule has 6 heteroatoms. The second-order valence-corrected chi connectivity index (χ2v) is 15.0. The van der Waals surface area contributed by atoms with E-state index in [9.17, 15) is 0 Å². The van der Waals surface area contributed by atoms with Gasteiger partial charge in [-0.1, -0.05) is 72.8 Å². The third-order valence-corrected chi connectivity index (χ3v) is 11.8. The number of pyridine rings is 1. The molecule has 0 spiro atoms. The van der Waals surface area contributed by atoms with E-state index in [4.69, 9.17) is 17.9 Å². The maximum absolute atomic E-state index is 8.56. The standard InChI is InChI=1S/C49H38N4O.Pt/c1-33-27-49(50-31-43(33)35-15-7-4-8-16-35)53-45-26-22-37(34-13-5-3-6-14-34)28-42(45)40-25-24-39(30-48(40)53)54-38-23-21-36-17-9-10-18-44(41(36)29-38)52-32-51(2)46-19-11-12-20-47(46)52;/h3-8,11-16,19-28,31,44H,9-10,17-18H2,1-2H3;/q-2;/i1D3,2D3;. The summed E-state index contributed by atoms with van der Waals surface area (Å²) in [4.78, 5) is 4.91. The fourth-order valence-corrected chi connectivity index (χ4v) is 9.05. The van der Waals surface area contributed by atoms with Gasteiger partial charge in [0.25, 0.3) is 0 Å². The summed E-state index contributed by atoms with van der Waals surface area (Å²) in [6, 6.07) is 50.3. The molecule has 1 unspecified atom stereocenters. The maximum atomic E-state index is 8.56. The molecule has 0 saturated heterocycles. The van der Waals surface area contributed by atoms with Crippen LogP contribution in [0.4, 0.5) is 0 Å². The van der Waals surface area contributed by atoms with Gasteiger partial charge < -0.3 is 0 Å². The summed E-state index contributed by atoms with van der Waals surface area (Å²) < 4.78 is 63.7. The second kappa shape index (κ2) is 13.8. The summed E-state index contributed by atoms with van der Waals surface area (Å²) in [5, 5.41) is 1.87. The van der Waals surface area contributed by atoms with Crippen molar-refractivity contribution in [2.45, 2.75) is 38.6 Å². The number of hydrogen-bond acceptors (Lipinski definition) is 2. The molecule has 3 heterocycles. The summed E-state index contributed by atoms with van der Waals surface area (Å²) in [5.74, 6) is 1.43. The second-order valence-electron chi connectivity index (χ2n) is 14.0. The Balaban J connectivity index is 1.11. The van der Waals surface area contributed by atoms with Crippen molar-refractivity contribution in [2.75, 3.05) is 0 Å². The molecule has 1 atom stereocenters. The van der Waals surface area contributed by atoms with Crippen molar-refractivity contribution in [3.8, 4) is 39.6 Å². The minimum Gasteiger partial charge on any atom is -0.238 e. The minimum absolute atomic E-state index is 0.160.